The fraction of sp³-hybridized carbons (Fsp3) is 0.0909. The summed E-state index contributed by atoms with van der Waals surface area (Å²) in [6.07, 6.45) is 2.75. The third-order valence-electron chi connectivity index (χ3n) is 3.96. The highest BCUT2D eigenvalue weighted by Crippen LogP contribution is 2.22. The van der Waals surface area contributed by atoms with Crippen LogP contribution in [0.3, 0.4) is 0 Å². The lowest BCUT2D eigenvalue weighted by molar-refractivity contribution is 0.474. The Hall–Kier alpha value is -3.40. The van der Waals surface area contributed by atoms with Crippen molar-refractivity contribution in [1.82, 2.24) is 0 Å². The van der Waals surface area contributed by atoms with Crippen molar-refractivity contribution in [2.75, 3.05) is 0 Å². The average molecular weight is 344 g/mol. The first-order valence-electron chi connectivity index (χ1n) is 8.32. The Labute approximate surface area is 152 Å². The molecular formula is C22H20N2O2. The van der Waals surface area contributed by atoms with Gasteiger partial charge in [0.1, 0.15) is 11.5 Å². The van der Waals surface area contributed by atoms with Gasteiger partial charge in [-0.3, -0.25) is 9.98 Å². The monoisotopic (exact) mass is 344 g/mol. The van der Waals surface area contributed by atoms with Crippen LogP contribution in [0.5, 0.6) is 11.5 Å². The molecule has 0 spiro atoms. The van der Waals surface area contributed by atoms with E-state index in [4.69, 9.17) is 0 Å². The Morgan fingerprint density at radius 3 is 1.62 bits per heavy atom. The maximum atomic E-state index is 9.91. The number of hydrogen-bond donors (Lipinski definition) is 2. The van der Waals surface area contributed by atoms with Crippen LogP contribution in [0.4, 0.5) is 0 Å². The maximum Gasteiger partial charge on any atom is 0.165 e. The zero-order chi connectivity index (χ0) is 18.4. The van der Waals surface area contributed by atoms with Gasteiger partial charge in [-0.25, -0.2) is 0 Å². The Bertz CT molecular complexity index is 875. The predicted molar refractivity (Wildman–Crippen MR) is 105 cm³/mol. The van der Waals surface area contributed by atoms with E-state index in [0.717, 1.165) is 11.1 Å². The summed E-state index contributed by atoms with van der Waals surface area (Å²) in [5.74, 6) is 0.340. The van der Waals surface area contributed by atoms with Crippen molar-refractivity contribution in [3.63, 3.8) is 0 Å². The van der Waals surface area contributed by atoms with Crippen LogP contribution in [-0.2, 0) is 0 Å². The van der Waals surface area contributed by atoms with Gasteiger partial charge in [-0.2, -0.15) is 0 Å². The molecule has 2 N–H and O–H groups in total. The van der Waals surface area contributed by atoms with Crippen LogP contribution in [0.25, 0.3) is 0 Å². The van der Waals surface area contributed by atoms with Crippen LogP contribution in [0.2, 0.25) is 0 Å². The largest absolute Gasteiger partial charge is 0.507 e. The average Bonchev–Trinajstić information content (AvgIpc) is 2.65. The lowest BCUT2D eigenvalue weighted by atomic mass is 10.1. The van der Waals surface area contributed by atoms with Crippen LogP contribution in [0, 0.1) is 6.92 Å². The van der Waals surface area contributed by atoms with E-state index < -0.39 is 6.17 Å². The molecule has 0 unspecified atom stereocenters. The molecule has 26 heavy (non-hydrogen) atoms. The minimum atomic E-state index is -0.477. The molecule has 130 valence electrons. The molecule has 0 saturated heterocycles. The zero-order valence-corrected chi connectivity index (χ0v) is 14.4. The number of nitrogens with zero attached hydrogens (tertiary/aromatic N) is 2. The molecule has 0 fully saturated rings. The number of benzene rings is 3. The molecule has 0 heterocycles. The van der Waals surface area contributed by atoms with Gasteiger partial charge in [-0.05, 0) is 36.8 Å². The van der Waals surface area contributed by atoms with Crippen molar-refractivity contribution in [1.29, 1.82) is 0 Å². The maximum absolute atomic E-state index is 9.91. The molecule has 3 aromatic rings. The van der Waals surface area contributed by atoms with Crippen molar-refractivity contribution in [2.24, 2.45) is 9.98 Å². The summed E-state index contributed by atoms with van der Waals surface area (Å²) in [7, 11) is 0. The van der Waals surface area contributed by atoms with Crippen molar-refractivity contribution < 1.29 is 10.2 Å². The second kappa shape index (κ2) is 8.12. The lowest BCUT2D eigenvalue weighted by Gasteiger charge is -2.09. The molecular weight excluding hydrogens is 324 g/mol. The van der Waals surface area contributed by atoms with E-state index in [-0.39, 0.29) is 11.5 Å². The molecule has 0 aliphatic rings. The Morgan fingerprint density at radius 2 is 1.15 bits per heavy atom. The van der Waals surface area contributed by atoms with Crippen LogP contribution in [-0.4, -0.2) is 22.6 Å². The highest BCUT2D eigenvalue weighted by Gasteiger charge is 2.08. The van der Waals surface area contributed by atoms with Crippen molar-refractivity contribution >= 4 is 12.4 Å². The first-order chi connectivity index (χ1) is 12.6. The summed E-state index contributed by atoms with van der Waals surface area (Å²) in [6.45, 7) is 2.02. The smallest absolute Gasteiger partial charge is 0.165 e. The molecule has 4 nitrogen and oxygen atoms in total. The third kappa shape index (κ3) is 4.36. The number of rotatable bonds is 5. The molecule has 4 heteroatoms. The van der Waals surface area contributed by atoms with Crippen LogP contribution in [0.1, 0.15) is 28.4 Å². The van der Waals surface area contributed by atoms with Gasteiger partial charge in [0, 0.05) is 23.6 Å². The molecule has 0 aliphatic heterocycles. The van der Waals surface area contributed by atoms with E-state index in [9.17, 15) is 10.2 Å². The van der Waals surface area contributed by atoms with Crippen molar-refractivity contribution in [3.05, 3.63) is 95.1 Å². The molecule has 0 aromatic heterocycles. The number of hydrogen-bond acceptors (Lipinski definition) is 4. The Kier molecular flexibility index (Phi) is 5.44. The number of aromatic hydroxyl groups is 2. The van der Waals surface area contributed by atoms with Crippen LogP contribution < -0.4 is 0 Å². The number of aliphatic imine (C=N–C) groups is 2. The zero-order valence-electron chi connectivity index (χ0n) is 14.4. The minimum absolute atomic E-state index is 0.170. The summed E-state index contributed by atoms with van der Waals surface area (Å²) < 4.78 is 0. The lowest BCUT2D eigenvalue weighted by Crippen LogP contribution is -1.96. The summed E-state index contributed by atoms with van der Waals surface area (Å²) >= 11 is 0. The highest BCUT2D eigenvalue weighted by atomic mass is 16.3. The van der Waals surface area contributed by atoms with E-state index in [1.165, 1.54) is 0 Å². The van der Waals surface area contributed by atoms with Gasteiger partial charge in [-0.1, -0.05) is 54.1 Å². The van der Waals surface area contributed by atoms with Gasteiger partial charge >= 0.3 is 0 Å². The van der Waals surface area contributed by atoms with Crippen molar-refractivity contribution in [3.8, 4) is 11.5 Å². The second-order valence-corrected chi connectivity index (χ2v) is 5.96. The second-order valence-electron chi connectivity index (χ2n) is 5.96. The third-order valence-corrected chi connectivity index (χ3v) is 3.96. The van der Waals surface area contributed by atoms with E-state index in [0.29, 0.717) is 11.1 Å². The first kappa shape index (κ1) is 17.4. The SMILES string of the molecule is Cc1ccc(C(/N=C/c2ccccc2O)/N=C/c2ccccc2O)cc1. The van der Waals surface area contributed by atoms with E-state index in [2.05, 4.69) is 9.98 Å². The summed E-state index contributed by atoms with van der Waals surface area (Å²) in [5, 5.41) is 19.8. The molecule has 0 radical (unpaired) electrons. The summed E-state index contributed by atoms with van der Waals surface area (Å²) in [4.78, 5) is 9.07. The molecule has 0 bridgehead atoms. The number of phenols is 2. The van der Waals surface area contributed by atoms with Crippen molar-refractivity contribution in [2.45, 2.75) is 13.1 Å². The van der Waals surface area contributed by atoms with Gasteiger partial charge in [0.2, 0.25) is 0 Å². The number of para-hydroxylation sites is 2. The number of phenolic OH excluding ortho intramolecular Hbond substituents is 2. The molecule has 3 rings (SSSR count). The Morgan fingerprint density at radius 1 is 0.692 bits per heavy atom. The van der Waals surface area contributed by atoms with Gasteiger partial charge in [-0.15, -0.1) is 0 Å². The topological polar surface area (TPSA) is 65.2 Å². The van der Waals surface area contributed by atoms with Gasteiger partial charge in [0.15, 0.2) is 6.17 Å². The fourth-order valence-corrected chi connectivity index (χ4v) is 2.44. The molecule has 0 amide bonds. The van der Waals surface area contributed by atoms with Gasteiger partial charge in [0.05, 0.1) is 0 Å². The first-order valence-corrected chi connectivity index (χ1v) is 8.32. The van der Waals surface area contributed by atoms with E-state index in [1.807, 2.05) is 43.3 Å². The fourth-order valence-electron chi connectivity index (χ4n) is 2.44. The summed E-state index contributed by atoms with van der Waals surface area (Å²) in [5.41, 5.74) is 3.33. The normalized spacial score (nSPS) is 11.6. The van der Waals surface area contributed by atoms with Crippen LogP contribution in [0.15, 0.2) is 82.8 Å². The molecule has 0 aliphatic carbocycles. The molecule has 3 aromatic carbocycles. The van der Waals surface area contributed by atoms with E-state index >= 15 is 0 Å². The molecule has 0 atom stereocenters. The highest BCUT2D eigenvalue weighted by molar-refractivity contribution is 5.85. The summed E-state index contributed by atoms with van der Waals surface area (Å²) in [6, 6.07) is 22.0. The Balaban J connectivity index is 1.93. The van der Waals surface area contributed by atoms with Gasteiger partial charge in [0.25, 0.3) is 0 Å². The van der Waals surface area contributed by atoms with Gasteiger partial charge < -0.3 is 10.2 Å². The minimum Gasteiger partial charge on any atom is -0.507 e. The predicted octanol–water partition coefficient (Wildman–Crippen LogP) is 4.64. The van der Waals surface area contributed by atoms with Crippen LogP contribution >= 0.6 is 0 Å². The number of aryl methyl sites for hydroxylation is 1. The quantitative estimate of drug-likeness (QED) is 0.662. The van der Waals surface area contributed by atoms with E-state index in [1.54, 1.807) is 48.8 Å². The molecule has 0 saturated carbocycles. The standard InChI is InChI=1S/C22H20N2O2/c1-16-10-12-17(13-11-16)22(23-14-18-6-2-4-8-20(18)25)24-15-19-7-3-5-9-21(19)26/h2-15,22,25-26H,1H3/b23-14+,24-15+.